The van der Waals surface area contributed by atoms with Crippen LogP contribution in [0.1, 0.15) is 43.0 Å². The minimum Gasteiger partial charge on any atom is -0.544 e. The van der Waals surface area contributed by atoms with Crippen molar-refractivity contribution in [1.29, 1.82) is 0 Å². The molecule has 4 rings (SSSR count). The van der Waals surface area contributed by atoms with Crippen LogP contribution in [0.2, 0.25) is 18.1 Å². The van der Waals surface area contributed by atoms with Crippen molar-refractivity contribution in [3.8, 4) is 5.75 Å². The Morgan fingerprint density at radius 1 is 0.604 bits per heavy atom. The Hall–Kier alpha value is -4.89. The van der Waals surface area contributed by atoms with E-state index < -0.39 is 38.4 Å². The molecule has 0 saturated carbocycles. The first-order valence-corrected chi connectivity index (χ1v) is 19.1. The number of amides is 2. The van der Waals surface area contributed by atoms with Crippen LogP contribution in [-0.4, -0.2) is 38.4 Å². The number of nitrogens with one attached hydrogen (secondary N) is 2. The highest BCUT2D eigenvalue weighted by atomic mass is 28.4. The predicted octanol–water partition coefficient (Wildman–Crippen LogP) is 7.38. The molecule has 0 aliphatic rings. The van der Waals surface area contributed by atoms with E-state index in [1.807, 2.05) is 115 Å². The molecule has 9 heteroatoms. The third kappa shape index (κ3) is 11.1. The standard InChI is InChI=1S/C39H46N2O6Si/c1-39(2,3)48(4,5)47-33-23-21-30(22-24-33)26-35(37(43)45-27-31-17-11-7-12-18-31)40-36(42)34(25-29-15-9-6-10-16-29)41-38(44)46-28-32-19-13-8-14-20-32/h6-24,34-35H,25-28H2,1-5H3,(H,40,42)(H,41,44)/t34-,35-/m0/s1. The first-order chi connectivity index (χ1) is 22.9. The van der Waals surface area contributed by atoms with Crippen LogP contribution < -0.4 is 15.1 Å². The van der Waals surface area contributed by atoms with Crippen LogP contribution in [0.5, 0.6) is 5.75 Å². The zero-order chi connectivity index (χ0) is 34.6. The summed E-state index contributed by atoms with van der Waals surface area (Å²) in [6.45, 7) is 11.0. The highest BCUT2D eigenvalue weighted by Gasteiger charge is 2.39. The molecule has 8 nitrogen and oxygen atoms in total. The topological polar surface area (TPSA) is 103 Å². The van der Waals surface area contributed by atoms with Crippen molar-refractivity contribution in [2.45, 2.75) is 77.0 Å². The molecule has 2 N–H and O–H groups in total. The van der Waals surface area contributed by atoms with E-state index in [2.05, 4.69) is 44.5 Å². The van der Waals surface area contributed by atoms with Gasteiger partial charge in [-0.1, -0.05) is 124 Å². The number of hydrogen-bond donors (Lipinski definition) is 2. The van der Waals surface area contributed by atoms with Crippen LogP contribution >= 0.6 is 0 Å². The second-order valence-electron chi connectivity index (χ2n) is 13.3. The van der Waals surface area contributed by atoms with Gasteiger partial charge in [0, 0.05) is 12.8 Å². The van der Waals surface area contributed by atoms with Gasteiger partial charge in [0.2, 0.25) is 14.2 Å². The number of carbonyl (C=O) groups is 3. The van der Waals surface area contributed by atoms with E-state index in [0.29, 0.717) is 0 Å². The van der Waals surface area contributed by atoms with Gasteiger partial charge in [-0.3, -0.25) is 4.79 Å². The predicted molar refractivity (Wildman–Crippen MR) is 190 cm³/mol. The Labute approximate surface area is 285 Å². The fourth-order valence-corrected chi connectivity index (χ4v) is 5.67. The molecule has 0 aliphatic heterocycles. The van der Waals surface area contributed by atoms with Crippen molar-refractivity contribution >= 4 is 26.3 Å². The summed E-state index contributed by atoms with van der Waals surface area (Å²) >= 11 is 0. The van der Waals surface area contributed by atoms with Gasteiger partial charge < -0.3 is 24.5 Å². The molecule has 0 aliphatic carbocycles. The van der Waals surface area contributed by atoms with E-state index in [4.69, 9.17) is 13.9 Å². The van der Waals surface area contributed by atoms with Crippen molar-refractivity contribution in [1.82, 2.24) is 10.6 Å². The minimum absolute atomic E-state index is 0.0435. The highest BCUT2D eigenvalue weighted by molar-refractivity contribution is 6.74. The summed E-state index contributed by atoms with van der Waals surface area (Å²) in [7, 11) is -2.04. The maximum absolute atomic E-state index is 13.8. The zero-order valence-electron chi connectivity index (χ0n) is 28.4. The molecular weight excluding hydrogens is 621 g/mol. The van der Waals surface area contributed by atoms with E-state index in [-0.39, 0.29) is 31.1 Å². The van der Waals surface area contributed by atoms with Gasteiger partial charge >= 0.3 is 12.1 Å². The average molecular weight is 667 g/mol. The van der Waals surface area contributed by atoms with E-state index in [1.165, 1.54) is 0 Å². The largest absolute Gasteiger partial charge is 0.544 e. The van der Waals surface area contributed by atoms with Gasteiger partial charge in [0.15, 0.2) is 0 Å². The number of rotatable bonds is 14. The maximum atomic E-state index is 13.8. The lowest BCUT2D eigenvalue weighted by Gasteiger charge is -2.36. The normalized spacial score (nSPS) is 12.7. The second-order valence-corrected chi connectivity index (χ2v) is 18.0. The third-order valence-electron chi connectivity index (χ3n) is 8.47. The third-order valence-corrected chi connectivity index (χ3v) is 12.8. The van der Waals surface area contributed by atoms with E-state index in [1.54, 1.807) is 0 Å². The molecule has 2 amide bonds. The quantitative estimate of drug-likeness (QED) is 0.108. The first kappa shape index (κ1) is 36.0. The van der Waals surface area contributed by atoms with E-state index >= 15 is 0 Å². The molecule has 48 heavy (non-hydrogen) atoms. The highest BCUT2D eigenvalue weighted by Crippen LogP contribution is 2.37. The van der Waals surface area contributed by atoms with Gasteiger partial charge in [-0.05, 0) is 52.5 Å². The second kappa shape index (κ2) is 16.8. The van der Waals surface area contributed by atoms with Gasteiger partial charge in [-0.2, -0.15) is 0 Å². The SMILES string of the molecule is CC(C)(C)[Si](C)(C)Oc1ccc(C[C@H](NC(=O)[C@H](Cc2ccccc2)NC(=O)OCc2ccccc2)C(=O)OCc2ccccc2)cc1. The molecule has 252 valence electrons. The van der Waals surface area contributed by atoms with Gasteiger partial charge in [0.05, 0.1) is 0 Å². The smallest absolute Gasteiger partial charge is 0.408 e. The molecule has 0 fully saturated rings. The van der Waals surface area contributed by atoms with Crippen LogP contribution in [0.4, 0.5) is 4.79 Å². The van der Waals surface area contributed by atoms with Crippen LogP contribution in [0.25, 0.3) is 0 Å². The summed E-state index contributed by atoms with van der Waals surface area (Å²) in [5, 5.41) is 5.61. The van der Waals surface area contributed by atoms with Gasteiger partial charge in [-0.15, -0.1) is 0 Å². The molecule has 0 spiro atoms. The Morgan fingerprint density at radius 3 is 1.58 bits per heavy atom. The maximum Gasteiger partial charge on any atom is 0.408 e. The molecular formula is C39H46N2O6Si. The van der Waals surface area contributed by atoms with Crippen molar-refractivity contribution in [2.24, 2.45) is 0 Å². The average Bonchev–Trinajstić information content (AvgIpc) is 3.07. The first-order valence-electron chi connectivity index (χ1n) is 16.2. The molecule has 0 unspecified atom stereocenters. The Morgan fingerprint density at radius 2 is 1.06 bits per heavy atom. The molecule has 0 bridgehead atoms. The summed E-state index contributed by atoms with van der Waals surface area (Å²) < 4.78 is 17.5. The van der Waals surface area contributed by atoms with Gasteiger partial charge in [0.25, 0.3) is 0 Å². The molecule has 0 radical (unpaired) electrons. The Balaban J connectivity index is 1.51. The van der Waals surface area contributed by atoms with Gasteiger partial charge in [0.1, 0.15) is 31.0 Å². The van der Waals surface area contributed by atoms with Crippen molar-refractivity contribution in [2.75, 3.05) is 0 Å². The molecule has 0 aromatic heterocycles. The van der Waals surface area contributed by atoms with Gasteiger partial charge in [-0.25, -0.2) is 9.59 Å². The van der Waals surface area contributed by atoms with E-state index in [0.717, 1.165) is 28.0 Å². The number of hydrogen-bond acceptors (Lipinski definition) is 6. The summed E-state index contributed by atoms with van der Waals surface area (Å²) in [6.07, 6.45) is -0.371. The Kier molecular flexibility index (Phi) is 12.6. The van der Waals surface area contributed by atoms with Crippen molar-refractivity contribution in [3.63, 3.8) is 0 Å². The monoisotopic (exact) mass is 666 g/mol. The lowest BCUT2D eigenvalue weighted by Crippen LogP contribution is -2.53. The number of carbonyl (C=O) groups excluding carboxylic acids is 3. The lowest BCUT2D eigenvalue weighted by molar-refractivity contribution is -0.149. The number of alkyl carbamates (subject to hydrolysis) is 1. The van der Waals surface area contributed by atoms with Crippen LogP contribution in [-0.2, 0) is 45.1 Å². The van der Waals surface area contributed by atoms with Crippen molar-refractivity contribution < 1.29 is 28.3 Å². The van der Waals surface area contributed by atoms with Crippen LogP contribution in [0.15, 0.2) is 115 Å². The number of esters is 1. The molecule has 0 saturated heterocycles. The van der Waals surface area contributed by atoms with Crippen LogP contribution in [0.3, 0.4) is 0 Å². The lowest BCUT2D eigenvalue weighted by atomic mass is 10.0. The summed E-state index contributed by atoms with van der Waals surface area (Å²) in [5.41, 5.74) is 3.29. The fraction of sp³-hybridized carbons (Fsp3) is 0.308. The molecule has 4 aromatic carbocycles. The minimum atomic E-state index is -2.04. The Bertz CT molecular complexity index is 1610. The molecule has 2 atom stereocenters. The van der Waals surface area contributed by atoms with E-state index in [9.17, 15) is 14.4 Å². The summed E-state index contributed by atoms with van der Waals surface area (Å²) in [6, 6.07) is 33.5. The number of ether oxygens (including phenoxy) is 2. The number of benzene rings is 4. The molecule has 0 heterocycles. The fourth-order valence-electron chi connectivity index (χ4n) is 4.64. The van der Waals surface area contributed by atoms with Crippen molar-refractivity contribution in [3.05, 3.63) is 138 Å². The summed E-state index contributed by atoms with van der Waals surface area (Å²) in [5.74, 6) is -0.354. The van der Waals surface area contributed by atoms with Crippen LogP contribution in [0, 0.1) is 0 Å². The molecule has 4 aromatic rings. The zero-order valence-corrected chi connectivity index (χ0v) is 29.4. The summed E-state index contributed by atoms with van der Waals surface area (Å²) in [4.78, 5) is 40.2.